The van der Waals surface area contributed by atoms with Crippen molar-refractivity contribution in [3.63, 3.8) is 0 Å². The lowest BCUT2D eigenvalue weighted by Crippen LogP contribution is -2.05. The summed E-state index contributed by atoms with van der Waals surface area (Å²) in [6, 6.07) is 23.8. The van der Waals surface area contributed by atoms with Gasteiger partial charge in [0.25, 0.3) is 0 Å². The number of aliphatic hydroxyl groups is 1. The molecule has 0 saturated heterocycles. The molecule has 0 aromatic heterocycles. The molecule has 3 rings (SSSR count). The van der Waals surface area contributed by atoms with Crippen LogP contribution in [-0.4, -0.2) is 11.7 Å². The summed E-state index contributed by atoms with van der Waals surface area (Å²) >= 11 is 0. The van der Waals surface area contributed by atoms with Crippen molar-refractivity contribution in [2.45, 2.75) is 12.5 Å². The van der Waals surface area contributed by atoms with Crippen molar-refractivity contribution in [3.8, 4) is 5.75 Å². The zero-order valence-electron chi connectivity index (χ0n) is 11.8. The van der Waals surface area contributed by atoms with E-state index in [1.165, 1.54) is 0 Å². The van der Waals surface area contributed by atoms with Gasteiger partial charge >= 0.3 is 0 Å². The first-order chi connectivity index (χ1) is 10.3. The van der Waals surface area contributed by atoms with Crippen LogP contribution < -0.4 is 4.74 Å². The van der Waals surface area contributed by atoms with Crippen LogP contribution in [0.5, 0.6) is 5.75 Å². The normalized spacial score (nSPS) is 12.2. The number of fused-ring (bicyclic) bond motifs is 1. The zero-order chi connectivity index (χ0) is 14.5. The predicted molar refractivity (Wildman–Crippen MR) is 85.5 cm³/mol. The molecule has 0 aliphatic heterocycles. The first-order valence-electron chi connectivity index (χ1n) is 7.18. The summed E-state index contributed by atoms with van der Waals surface area (Å²) in [6.45, 7) is 0.494. The molecule has 106 valence electrons. The molecule has 0 amide bonds. The summed E-state index contributed by atoms with van der Waals surface area (Å²) in [5.41, 5.74) is 0.963. The van der Waals surface area contributed by atoms with E-state index in [0.717, 1.165) is 22.1 Å². The summed E-state index contributed by atoms with van der Waals surface area (Å²) in [7, 11) is 0. The van der Waals surface area contributed by atoms with E-state index in [2.05, 4.69) is 12.1 Å². The van der Waals surface area contributed by atoms with E-state index in [0.29, 0.717) is 13.0 Å². The molecule has 3 aromatic carbocycles. The standard InChI is InChI=1S/C19H18O2/c20-19(13-14-21-16-9-2-1-3-10-16)18-12-6-8-15-7-4-5-11-17(15)18/h1-12,19-20H,13-14H2. The molecular weight excluding hydrogens is 260 g/mol. The van der Waals surface area contributed by atoms with E-state index in [9.17, 15) is 5.11 Å². The van der Waals surface area contributed by atoms with Crippen molar-refractivity contribution in [2.75, 3.05) is 6.61 Å². The molecule has 3 aromatic rings. The Morgan fingerprint density at radius 1 is 0.810 bits per heavy atom. The second-order valence-electron chi connectivity index (χ2n) is 5.03. The molecule has 2 nitrogen and oxygen atoms in total. The maximum absolute atomic E-state index is 10.4. The molecule has 0 heterocycles. The molecule has 1 atom stereocenters. The van der Waals surface area contributed by atoms with Crippen LogP contribution >= 0.6 is 0 Å². The molecule has 0 spiro atoms. The number of hydrogen-bond acceptors (Lipinski definition) is 2. The van der Waals surface area contributed by atoms with Crippen molar-refractivity contribution in [1.29, 1.82) is 0 Å². The Morgan fingerprint density at radius 3 is 2.38 bits per heavy atom. The van der Waals surface area contributed by atoms with Crippen LogP contribution in [-0.2, 0) is 0 Å². The third kappa shape index (κ3) is 3.23. The third-order valence-corrected chi connectivity index (χ3v) is 3.59. The van der Waals surface area contributed by atoms with Gasteiger partial charge < -0.3 is 9.84 Å². The minimum Gasteiger partial charge on any atom is -0.493 e. The maximum atomic E-state index is 10.4. The Balaban J connectivity index is 1.68. The Hall–Kier alpha value is -2.32. The third-order valence-electron chi connectivity index (χ3n) is 3.59. The van der Waals surface area contributed by atoms with E-state index >= 15 is 0 Å². The minimum atomic E-state index is -0.514. The number of rotatable bonds is 5. The minimum absolute atomic E-state index is 0.494. The van der Waals surface area contributed by atoms with Gasteiger partial charge in [0.05, 0.1) is 12.7 Å². The van der Waals surface area contributed by atoms with Crippen LogP contribution in [0.25, 0.3) is 10.8 Å². The van der Waals surface area contributed by atoms with E-state index in [1.54, 1.807) is 0 Å². The van der Waals surface area contributed by atoms with E-state index < -0.39 is 6.10 Å². The van der Waals surface area contributed by atoms with Crippen molar-refractivity contribution in [2.24, 2.45) is 0 Å². The van der Waals surface area contributed by atoms with E-state index in [1.807, 2.05) is 60.7 Å². The van der Waals surface area contributed by atoms with E-state index in [4.69, 9.17) is 4.74 Å². The summed E-state index contributed by atoms with van der Waals surface area (Å²) in [6.07, 6.45) is 0.0583. The number of aliphatic hydroxyl groups excluding tert-OH is 1. The Labute approximate surface area is 124 Å². The second-order valence-corrected chi connectivity index (χ2v) is 5.03. The summed E-state index contributed by atoms with van der Waals surface area (Å²) in [4.78, 5) is 0. The van der Waals surface area contributed by atoms with Gasteiger partial charge in [0.15, 0.2) is 0 Å². The SMILES string of the molecule is OC(CCOc1ccccc1)c1cccc2ccccc12. The summed E-state index contributed by atoms with van der Waals surface area (Å²) in [5, 5.41) is 12.7. The van der Waals surface area contributed by atoms with Crippen molar-refractivity contribution >= 4 is 10.8 Å². The molecule has 0 aliphatic carbocycles. The van der Waals surface area contributed by atoms with Crippen LogP contribution in [0.3, 0.4) is 0 Å². The summed E-state index contributed by atoms with van der Waals surface area (Å²) < 4.78 is 5.65. The lowest BCUT2D eigenvalue weighted by atomic mass is 9.99. The van der Waals surface area contributed by atoms with Gasteiger partial charge in [0.2, 0.25) is 0 Å². The van der Waals surface area contributed by atoms with Crippen molar-refractivity contribution < 1.29 is 9.84 Å². The fourth-order valence-corrected chi connectivity index (χ4v) is 2.50. The van der Waals surface area contributed by atoms with Crippen LogP contribution in [0.1, 0.15) is 18.1 Å². The predicted octanol–water partition coefficient (Wildman–Crippen LogP) is 4.34. The first-order valence-corrected chi connectivity index (χ1v) is 7.18. The molecule has 1 unspecified atom stereocenters. The topological polar surface area (TPSA) is 29.5 Å². The fraction of sp³-hybridized carbons (Fsp3) is 0.158. The summed E-state index contributed by atoms with van der Waals surface area (Å²) in [5.74, 6) is 0.836. The average molecular weight is 278 g/mol. The molecule has 0 aliphatic rings. The number of para-hydroxylation sites is 1. The van der Waals surface area contributed by atoms with Gasteiger partial charge in [0.1, 0.15) is 5.75 Å². The van der Waals surface area contributed by atoms with Gasteiger partial charge in [-0.1, -0.05) is 60.7 Å². The van der Waals surface area contributed by atoms with Crippen LogP contribution in [0.15, 0.2) is 72.8 Å². The van der Waals surface area contributed by atoms with Gasteiger partial charge in [-0.15, -0.1) is 0 Å². The van der Waals surface area contributed by atoms with Gasteiger partial charge in [0, 0.05) is 6.42 Å². The lowest BCUT2D eigenvalue weighted by Gasteiger charge is -2.14. The lowest BCUT2D eigenvalue weighted by molar-refractivity contribution is 0.142. The quantitative estimate of drug-likeness (QED) is 0.752. The molecule has 0 bridgehead atoms. The number of hydrogen-bond donors (Lipinski definition) is 1. The van der Waals surface area contributed by atoms with Gasteiger partial charge in [-0.05, 0) is 28.5 Å². The fourth-order valence-electron chi connectivity index (χ4n) is 2.50. The average Bonchev–Trinajstić information content (AvgIpc) is 2.55. The number of benzene rings is 3. The van der Waals surface area contributed by atoms with Crippen molar-refractivity contribution in [3.05, 3.63) is 78.4 Å². The second kappa shape index (κ2) is 6.42. The molecule has 1 N–H and O–H groups in total. The molecule has 21 heavy (non-hydrogen) atoms. The Morgan fingerprint density at radius 2 is 1.52 bits per heavy atom. The highest BCUT2D eigenvalue weighted by Gasteiger charge is 2.11. The first kappa shape index (κ1) is 13.7. The van der Waals surface area contributed by atoms with E-state index in [-0.39, 0.29) is 0 Å². The molecular formula is C19H18O2. The molecule has 2 heteroatoms. The van der Waals surface area contributed by atoms with Gasteiger partial charge in [-0.3, -0.25) is 0 Å². The van der Waals surface area contributed by atoms with Crippen molar-refractivity contribution in [1.82, 2.24) is 0 Å². The molecule has 0 radical (unpaired) electrons. The highest BCUT2D eigenvalue weighted by Crippen LogP contribution is 2.26. The van der Waals surface area contributed by atoms with Crippen LogP contribution in [0, 0.1) is 0 Å². The van der Waals surface area contributed by atoms with Gasteiger partial charge in [-0.25, -0.2) is 0 Å². The Bertz CT molecular complexity index is 702. The Kier molecular flexibility index (Phi) is 4.17. The van der Waals surface area contributed by atoms with Crippen LogP contribution in [0.2, 0.25) is 0 Å². The van der Waals surface area contributed by atoms with Gasteiger partial charge in [-0.2, -0.15) is 0 Å². The molecule has 0 saturated carbocycles. The number of ether oxygens (including phenoxy) is 1. The largest absolute Gasteiger partial charge is 0.493 e. The van der Waals surface area contributed by atoms with Crippen LogP contribution in [0.4, 0.5) is 0 Å². The zero-order valence-corrected chi connectivity index (χ0v) is 11.8. The maximum Gasteiger partial charge on any atom is 0.119 e. The monoisotopic (exact) mass is 278 g/mol. The smallest absolute Gasteiger partial charge is 0.119 e. The highest BCUT2D eigenvalue weighted by atomic mass is 16.5. The highest BCUT2D eigenvalue weighted by molar-refractivity contribution is 5.85. The molecule has 0 fully saturated rings.